The Morgan fingerprint density at radius 2 is 1.90 bits per heavy atom. The van der Waals surface area contributed by atoms with E-state index in [9.17, 15) is 22.4 Å². The van der Waals surface area contributed by atoms with Crippen LogP contribution in [0.4, 0.5) is 17.6 Å². The highest BCUT2D eigenvalue weighted by molar-refractivity contribution is 6.31. The average molecular weight is 318 g/mol. The third-order valence-electron chi connectivity index (χ3n) is 2.76. The van der Waals surface area contributed by atoms with Crippen molar-refractivity contribution in [1.29, 1.82) is 0 Å². The molecule has 0 fully saturated rings. The molecule has 7 heteroatoms. The lowest BCUT2D eigenvalue weighted by atomic mass is 10.1. The minimum atomic E-state index is -4.51. The molecule has 0 saturated carbocycles. The summed E-state index contributed by atoms with van der Waals surface area (Å²) in [7, 11) is 0. The standard InChI is InChI=1S/C14H8ClF4NO/c15-13-8(2-1-3-10(13)16)6-12(21)11-5-4-9(7-20-11)14(17,18)19/h1-5,7H,6H2. The SMILES string of the molecule is O=C(Cc1cccc(F)c1Cl)c1ccc(C(F)(F)F)cn1. The molecule has 0 amide bonds. The summed E-state index contributed by atoms with van der Waals surface area (Å²) in [5, 5.41) is -0.183. The molecule has 1 heterocycles. The molecule has 1 aromatic heterocycles. The predicted molar refractivity (Wildman–Crippen MR) is 68.7 cm³/mol. The van der Waals surface area contributed by atoms with Crippen LogP contribution in [0.5, 0.6) is 0 Å². The largest absolute Gasteiger partial charge is 0.417 e. The van der Waals surface area contributed by atoms with Gasteiger partial charge in [-0.05, 0) is 23.8 Å². The summed E-state index contributed by atoms with van der Waals surface area (Å²) in [4.78, 5) is 15.4. The maximum absolute atomic E-state index is 13.2. The summed E-state index contributed by atoms with van der Waals surface area (Å²) in [5.74, 6) is -1.21. The van der Waals surface area contributed by atoms with Crippen molar-refractivity contribution < 1.29 is 22.4 Å². The number of Topliss-reactive ketones (excluding diaryl/α,β-unsaturated/α-hetero) is 1. The van der Waals surface area contributed by atoms with Crippen molar-refractivity contribution >= 4 is 17.4 Å². The number of carbonyl (C=O) groups is 1. The Hall–Kier alpha value is -1.95. The van der Waals surface area contributed by atoms with Crippen LogP contribution < -0.4 is 0 Å². The van der Waals surface area contributed by atoms with Crippen LogP contribution in [0.25, 0.3) is 0 Å². The maximum atomic E-state index is 13.2. The Morgan fingerprint density at radius 1 is 1.19 bits per heavy atom. The van der Waals surface area contributed by atoms with Gasteiger partial charge in [0.1, 0.15) is 11.5 Å². The minimum Gasteiger partial charge on any atom is -0.292 e. The van der Waals surface area contributed by atoms with Gasteiger partial charge in [-0.1, -0.05) is 23.7 Å². The van der Waals surface area contributed by atoms with E-state index in [1.807, 2.05) is 0 Å². The number of halogens is 5. The lowest BCUT2D eigenvalue weighted by Gasteiger charge is -2.07. The molecule has 0 unspecified atom stereocenters. The molecule has 2 rings (SSSR count). The number of carbonyl (C=O) groups excluding carboxylic acids is 1. The number of benzene rings is 1. The third kappa shape index (κ3) is 3.58. The topological polar surface area (TPSA) is 30.0 Å². The smallest absolute Gasteiger partial charge is 0.292 e. The first-order chi connectivity index (χ1) is 9.79. The normalized spacial score (nSPS) is 11.5. The summed E-state index contributed by atoms with van der Waals surface area (Å²) in [6.07, 6.45) is -4.17. The van der Waals surface area contributed by atoms with Crippen molar-refractivity contribution in [1.82, 2.24) is 4.98 Å². The second kappa shape index (κ2) is 5.81. The number of nitrogens with zero attached hydrogens (tertiary/aromatic N) is 1. The summed E-state index contributed by atoms with van der Waals surface area (Å²) in [6.45, 7) is 0. The lowest BCUT2D eigenvalue weighted by Crippen LogP contribution is -2.10. The van der Waals surface area contributed by atoms with E-state index in [0.717, 1.165) is 18.2 Å². The van der Waals surface area contributed by atoms with Crippen molar-refractivity contribution in [3.8, 4) is 0 Å². The van der Waals surface area contributed by atoms with Gasteiger partial charge in [-0.3, -0.25) is 9.78 Å². The van der Waals surface area contributed by atoms with E-state index in [0.29, 0.717) is 6.20 Å². The lowest BCUT2D eigenvalue weighted by molar-refractivity contribution is -0.137. The van der Waals surface area contributed by atoms with Crippen LogP contribution in [-0.2, 0) is 12.6 Å². The Morgan fingerprint density at radius 3 is 2.48 bits per heavy atom. The first kappa shape index (κ1) is 15.4. The number of hydrogen-bond donors (Lipinski definition) is 0. The third-order valence-corrected chi connectivity index (χ3v) is 3.18. The zero-order valence-corrected chi connectivity index (χ0v) is 11.2. The number of hydrogen-bond acceptors (Lipinski definition) is 2. The van der Waals surface area contributed by atoms with Crippen LogP contribution in [-0.4, -0.2) is 10.8 Å². The van der Waals surface area contributed by atoms with E-state index in [1.54, 1.807) is 0 Å². The van der Waals surface area contributed by atoms with E-state index < -0.39 is 23.3 Å². The zero-order chi connectivity index (χ0) is 15.6. The van der Waals surface area contributed by atoms with Crippen LogP contribution in [0.15, 0.2) is 36.5 Å². The molecule has 2 aromatic rings. The fourth-order valence-corrected chi connectivity index (χ4v) is 1.87. The van der Waals surface area contributed by atoms with Gasteiger partial charge in [0.05, 0.1) is 10.6 Å². The van der Waals surface area contributed by atoms with Crippen molar-refractivity contribution in [3.63, 3.8) is 0 Å². The highest BCUT2D eigenvalue weighted by Crippen LogP contribution is 2.28. The van der Waals surface area contributed by atoms with Gasteiger partial charge in [-0.25, -0.2) is 4.39 Å². The van der Waals surface area contributed by atoms with Crippen LogP contribution in [0.2, 0.25) is 5.02 Å². The highest BCUT2D eigenvalue weighted by Gasteiger charge is 2.30. The Balaban J connectivity index is 2.19. The van der Waals surface area contributed by atoms with Gasteiger partial charge in [0.2, 0.25) is 0 Å². The number of ketones is 1. The van der Waals surface area contributed by atoms with Gasteiger partial charge in [0, 0.05) is 12.6 Å². The molecule has 0 aliphatic carbocycles. The maximum Gasteiger partial charge on any atom is 0.417 e. The second-order valence-electron chi connectivity index (χ2n) is 4.24. The van der Waals surface area contributed by atoms with Crippen LogP contribution in [0, 0.1) is 5.82 Å². The summed E-state index contributed by atoms with van der Waals surface area (Å²) < 4.78 is 50.4. The van der Waals surface area contributed by atoms with Gasteiger partial charge in [0.15, 0.2) is 5.78 Å². The number of alkyl halides is 3. The highest BCUT2D eigenvalue weighted by atomic mass is 35.5. The van der Waals surface area contributed by atoms with Crippen molar-refractivity contribution in [2.24, 2.45) is 0 Å². The molecule has 0 saturated heterocycles. The van der Waals surface area contributed by atoms with Crippen molar-refractivity contribution in [2.75, 3.05) is 0 Å². The van der Waals surface area contributed by atoms with E-state index in [-0.39, 0.29) is 22.7 Å². The van der Waals surface area contributed by atoms with Gasteiger partial charge in [-0.2, -0.15) is 13.2 Å². The van der Waals surface area contributed by atoms with Gasteiger partial charge in [0.25, 0.3) is 0 Å². The molecule has 1 aromatic carbocycles. The fourth-order valence-electron chi connectivity index (χ4n) is 1.68. The second-order valence-corrected chi connectivity index (χ2v) is 4.62. The van der Waals surface area contributed by atoms with Crippen molar-refractivity contribution in [3.05, 3.63) is 64.2 Å². The molecule has 0 N–H and O–H groups in total. The molecule has 0 aliphatic heterocycles. The monoisotopic (exact) mass is 317 g/mol. The van der Waals surface area contributed by atoms with Gasteiger partial charge in [-0.15, -0.1) is 0 Å². The van der Waals surface area contributed by atoms with Crippen LogP contribution in [0.3, 0.4) is 0 Å². The molecule has 0 aliphatic rings. The molecular formula is C14H8ClF4NO. The number of pyridine rings is 1. The van der Waals surface area contributed by atoms with Crippen molar-refractivity contribution in [2.45, 2.75) is 12.6 Å². The molecular weight excluding hydrogens is 310 g/mol. The van der Waals surface area contributed by atoms with Gasteiger partial charge < -0.3 is 0 Å². The van der Waals surface area contributed by atoms with E-state index in [1.165, 1.54) is 12.1 Å². The predicted octanol–water partition coefficient (Wildman–Crippen LogP) is 4.32. The first-order valence-corrected chi connectivity index (χ1v) is 6.16. The number of aromatic nitrogens is 1. The summed E-state index contributed by atoms with van der Waals surface area (Å²) >= 11 is 5.71. The Labute approximate surface area is 122 Å². The molecule has 2 nitrogen and oxygen atoms in total. The minimum absolute atomic E-state index is 0.136. The molecule has 0 atom stereocenters. The van der Waals surface area contributed by atoms with Gasteiger partial charge >= 0.3 is 6.18 Å². The number of rotatable bonds is 3. The molecule has 110 valence electrons. The van der Waals surface area contributed by atoms with Crippen LogP contribution in [0.1, 0.15) is 21.6 Å². The summed E-state index contributed by atoms with van der Waals surface area (Å²) in [6, 6.07) is 5.76. The molecule has 0 radical (unpaired) electrons. The Kier molecular flexibility index (Phi) is 4.27. The molecule has 0 spiro atoms. The zero-order valence-electron chi connectivity index (χ0n) is 10.4. The Bertz CT molecular complexity index is 668. The first-order valence-electron chi connectivity index (χ1n) is 5.78. The fraction of sp³-hybridized carbons (Fsp3) is 0.143. The average Bonchev–Trinajstić information content (AvgIpc) is 2.43. The summed E-state index contributed by atoms with van der Waals surface area (Å²) in [5.41, 5.74) is -0.825. The van der Waals surface area contributed by atoms with E-state index >= 15 is 0 Å². The van der Waals surface area contributed by atoms with E-state index in [2.05, 4.69) is 4.98 Å². The molecule has 21 heavy (non-hydrogen) atoms. The van der Waals surface area contributed by atoms with Crippen LogP contribution >= 0.6 is 11.6 Å². The quantitative estimate of drug-likeness (QED) is 0.623. The van der Waals surface area contributed by atoms with E-state index in [4.69, 9.17) is 11.6 Å². The molecule has 0 bridgehead atoms.